The van der Waals surface area contributed by atoms with Crippen molar-refractivity contribution in [1.29, 1.82) is 0 Å². The molecule has 2 bridgehead atoms. The number of nitrogens with two attached hydrogens (primary N) is 1. The molecule has 2 aliphatic carbocycles. The predicted octanol–water partition coefficient (Wildman–Crippen LogP) is 1.42. The molecule has 0 saturated heterocycles. The average molecular weight is 246 g/mol. The smallest absolute Gasteiger partial charge is 0.269 e. The molecule has 2 fully saturated rings. The van der Waals surface area contributed by atoms with Gasteiger partial charge in [-0.25, -0.2) is 0 Å². The van der Waals surface area contributed by atoms with Crippen molar-refractivity contribution in [3.05, 3.63) is 17.8 Å². The maximum Gasteiger partial charge on any atom is 0.269 e. The molecule has 3 N–H and O–H groups in total. The number of hydrogen-bond acceptors (Lipinski definition) is 4. The van der Waals surface area contributed by atoms with Crippen LogP contribution in [0.3, 0.4) is 0 Å². The van der Waals surface area contributed by atoms with Gasteiger partial charge in [0.1, 0.15) is 5.82 Å². The highest BCUT2D eigenvalue weighted by Gasteiger charge is 2.39. The minimum Gasteiger partial charge on any atom is -0.368 e. The Morgan fingerprint density at radius 1 is 1.33 bits per heavy atom. The highest BCUT2D eigenvalue weighted by atomic mass is 16.1. The molecule has 18 heavy (non-hydrogen) atoms. The molecule has 1 heterocycles. The van der Waals surface area contributed by atoms with Crippen molar-refractivity contribution in [2.45, 2.75) is 25.7 Å². The van der Waals surface area contributed by atoms with Gasteiger partial charge in [-0.2, -0.15) is 0 Å². The van der Waals surface area contributed by atoms with Crippen LogP contribution in [0.2, 0.25) is 0 Å². The number of carbonyl (C=O) groups excluding carboxylic acids is 1. The van der Waals surface area contributed by atoms with E-state index in [4.69, 9.17) is 5.73 Å². The Morgan fingerprint density at radius 3 is 2.78 bits per heavy atom. The summed E-state index contributed by atoms with van der Waals surface area (Å²) in [6, 6.07) is 3.37. The van der Waals surface area contributed by atoms with Crippen molar-refractivity contribution in [3.8, 4) is 0 Å². The van der Waals surface area contributed by atoms with Gasteiger partial charge in [0.25, 0.3) is 5.91 Å². The molecule has 3 unspecified atom stereocenters. The van der Waals surface area contributed by atoms with E-state index in [2.05, 4.69) is 15.5 Å². The number of nitrogens with zero attached hydrogens (tertiary/aromatic N) is 2. The fourth-order valence-electron chi connectivity index (χ4n) is 3.42. The topological polar surface area (TPSA) is 80.9 Å². The van der Waals surface area contributed by atoms with Crippen LogP contribution in [-0.2, 0) is 0 Å². The van der Waals surface area contributed by atoms with Crippen molar-refractivity contribution in [1.82, 2.24) is 10.2 Å². The van der Waals surface area contributed by atoms with Gasteiger partial charge in [-0.15, -0.1) is 10.2 Å². The Bertz CT molecular complexity index is 445. The van der Waals surface area contributed by atoms with Crippen molar-refractivity contribution >= 4 is 11.7 Å². The lowest BCUT2D eigenvalue weighted by atomic mass is 9.89. The van der Waals surface area contributed by atoms with Crippen LogP contribution in [0.25, 0.3) is 0 Å². The van der Waals surface area contributed by atoms with Crippen LogP contribution in [-0.4, -0.2) is 22.6 Å². The fourth-order valence-corrected chi connectivity index (χ4v) is 3.42. The lowest BCUT2D eigenvalue weighted by Gasteiger charge is -2.21. The Labute approximate surface area is 106 Å². The Morgan fingerprint density at radius 2 is 2.22 bits per heavy atom. The first-order valence-electron chi connectivity index (χ1n) is 6.60. The van der Waals surface area contributed by atoms with Crippen molar-refractivity contribution < 1.29 is 4.79 Å². The monoisotopic (exact) mass is 246 g/mol. The molecular formula is C13H18N4O. The molecule has 1 aromatic rings. The first kappa shape index (κ1) is 11.4. The zero-order chi connectivity index (χ0) is 12.5. The molecule has 1 amide bonds. The van der Waals surface area contributed by atoms with Gasteiger partial charge in [-0.05, 0) is 49.1 Å². The SMILES string of the molecule is NC(=O)c1ccc(NCC2CC3CCC2C3)nn1. The van der Waals surface area contributed by atoms with Gasteiger partial charge >= 0.3 is 0 Å². The molecule has 0 aromatic carbocycles. The number of rotatable bonds is 4. The van der Waals surface area contributed by atoms with Crippen LogP contribution in [0.4, 0.5) is 5.82 Å². The van der Waals surface area contributed by atoms with Crippen LogP contribution in [0.1, 0.15) is 36.2 Å². The zero-order valence-electron chi connectivity index (χ0n) is 10.3. The number of primary amides is 1. The van der Waals surface area contributed by atoms with Crippen molar-refractivity contribution in [2.75, 3.05) is 11.9 Å². The van der Waals surface area contributed by atoms with E-state index in [0.717, 1.165) is 30.1 Å². The molecule has 3 rings (SSSR count). The second-order valence-corrected chi connectivity index (χ2v) is 5.48. The minimum absolute atomic E-state index is 0.209. The van der Waals surface area contributed by atoms with Gasteiger partial charge in [-0.1, -0.05) is 6.42 Å². The summed E-state index contributed by atoms with van der Waals surface area (Å²) >= 11 is 0. The van der Waals surface area contributed by atoms with E-state index < -0.39 is 5.91 Å². The normalized spacial score (nSPS) is 29.4. The quantitative estimate of drug-likeness (QED) is 0.842. The molecule has 0 radical (unpaired) electrons. The number of hydrogen-bond donors (Lipinski definition) is 2. The van der Waals surface area contributed by atoms with E-state index >= 15 is 0 Å². The molecule has 96 valence electrons. The van der Waals surface area contributed by atoms with Crippen LogP contribution < -0.4 is 11.1 Å². The lowest BCUT2D eigenvalue weighted by molar-refractivity contribution is 0.0994. The number of amides is 1. The summed E-state index contributed by atoms with van der Waals surface area (Å²) in [5.74, 6) is 2.83. The van der Waals surface area contributed by atoms with E-state index in [0.29, 0.717) is 0 Å². The summed E-state index contributed by atoms with van der Waals surface area (Å²) in [5, 5.41) is 11.1. The summed E-state index contributed by atoms with van der Waals surface area (Å²) in [7, 11) is 0. The maximum atomic E-state index is 10.9. The van der Waals surface area contributed by atoms with E-state index in [1.54, 1.807) is 12.1 Å². The lowest BCUT2D eigenvalue weighted by Crippen LogP contribution is -2.21. The highest BCUT2D eigenvalue weighted by Crippen LogP contribution is 2.48. The van der Waals surface area contributed by atoms with Gasteiger partial charge in [-0.3, -0.25) is 4.79 Å². The summed E-state index contributed by atoms with van der Waals surface area (Å²) < 4.78 is 0. The van der Waals surface area contributed by atoms with Crippen LogP contribution >= 0.6 is 0 Å². The van der Waals surface area contributed by atoms with Gasteiger partial charge in [0.2, 0.25) is 0 Å². The standard InChI is InChI=1S/C13H18N4O/c14-13(18)11-3-4-12(17-16-11)15-7-10-6-8-1-2-9(10)5-8/h3-4,8-10H,1-2,5-7H2,(H2,14,18)(H,15,17). The van der Waals surface area contributed by atoms with Gasteiger partial charge in [0.15, 0.2) is 5.69 Å². The molecule has 0 aliphatic heterocycles. The first-order valence-corrected chi connectivity index (χ1v) is 6.60. The van der Waals surface area contributed by atoms with E-state index in [9.17, 15) is 4.79 Å². The van der Waals surface area contributed by atoms with Gasteiger partial charge < -0.3 is 11.1 Å². The number of carbonyl (C=O) groups is 1. The minimum atomic E-state index is -0.540. The molecule has 0 spiro atoms. The first-order chi connectivity index (χ1) is 8.72. The van der Waals surface area contributed by atoms with Crippen LogP contribution in [0.15, 0.2) is 12.1 Å². The van der Waals surface area contributed by atoms with Gasteiger partial charge in [0.05, 0.1) is 0 Å². The molecule has 5 nitrogen and oxygen atoms in total. The average Bonchev–Trinajstić information content (AvgIpc) is 2.99. The predicted molar refractivity (Wildman–Crippen MR) is 68.0 cm³/mol. The largest absolute Gasteiger partial charge is 0.368 e. The second kappa shape index (κ2) is 4.55. The number of aromatic nitrogens is 2. The Kier molecular flexibility index (Phi) is 2.89. The third-order valence-electron chi connectivity index (χ3n) is 4.35. The summed E-state index contributed by atoms with van der Waals surface area (Å²) in [6.07, 6.45) is 5.58. The Hall–Kier alpha value is -1.65. The zero-order valence-corrected chi connectivity index (χ0v) is 10.3. The van der Waals surface area contributed by atoms with Crippen molar-refractivity contribution in [2.24, 2.45) is 23.5 Å². The fraction of sp³-hybridized carbons (Fsp3) is 0.615. The Balaban J connectivity index is 1.55. The van der Waals surface area contributed by atoms with E-state index in [1.807, 2.05) is 0 Å². The summed E-state index contributed by atoms with van der Waals surface area (Å²) in [4.78, 5) is 10.9. The molecule has 2 saturated carbocycles. The third-order valence-corrected chi connectivity index (χ3v) is 4.35. The van der Waals surface area contributed by atoms with E-state index in [-0.39, 0.29) is 5.69 Å². The third kappa shape index (κ3) is 2.17. The maximum absolute atomic E-state index is 10.9. The summed E-state index contributed by atoms with van der Waals surface area (Å²) in [6.45, 7) is 0.964. The molecular weight excluding hydrogens is 228 g/mol. The molecule has 2 aliphatic rings. The number of anilines is 1. The molecule has 1 aromatic heterocycles. The molecule has 3 atom stereocenters. The number of fused-ring (bicyclic) bond motifs is 2. The molecule has 5 heteroatoms. The highest BCUT2D eigenvalue weighted by molar-refractivity contribution is 5.90. The second-order valence-electron chi connectivity index (χ2n) is 5.48. The van der Waals surface area contributed by atoms with Crippen molar-refractivity contribution in [3.63, 3.8) is 0 Å². The van der Waals surface area contributed by atoms with Crippen LogP contribution in [0, 0.1) is 17.8 Å². The van der Waals surface area contributed by atoms with E-state index in [1.165, 1.54) is 25.7 Å². The van der Waals surface area contributed by atoms with Crippen LogP contribution in [0.5, 0.6) is 0 Å². The number of nitrogens with one attached hydrogen (secondary N) is 1. The summed E-state index contributed by atoms with van der Waals surface area (Å²) in [5.41, 5.74) is 5.33. The van der Waals surface area contributed by atoms with Gasteiger partial charge in [0, 0.05) is 6.54 Å².